The Labute approximate surface area is 73.7 Å². The summed E-state index contributed by atoms with van der Waals surface area (Å²) in [5.41, 5.74) is 0. The molecule has 1 saturated heterocycles. The van der Waals surface area contributed by atoms with Crippen LogP contribution in [0.2, 0.25) is 0 Å². The maximum absolute atomic E-state index is 2.61. The van der Waals surface area contributed by atoms with Gasteiger partial charge in [0.05, 0.1) is 0 Å². The molecule has 1 aliphatic carbocycles. The van der Waals surface area contributed by atoms with Crippen molar-refractivity contribution >= 4 is 11.9 Å². The Kier molecular flexibility index (Phi) is 2.42. The van der Waals surface area contributed by atoms with Gasteiger partial charge in [-0.3, -0.25) is 0 Å². The Balaban J connectivity index is 2.00. The van der Waals surface area contributed by atoms with Crippen molar-refractivity contribution in [2.24, 2.45) is 5.92 Å². The highest BCUT2D eigenvalue weighted by Gasteiger charge is 2.34. The quantitative estimate of drug-likeness (QED) is 0.558. The fraction of sp³-hybridized carbons (Fsp3) is 1.00. The summed E-state index contributed by atoms with van der Waals surface area (Å²) in [4.78, 5) is 0. The predicted molar refractivity (Wildman–Crippen MR) is 50.6 cm³/mol. The average Bonchev–Trinajstić information content (AvgIpc) is 2.50. The van der Waals surface area contributed by atoms with E-state index in [0.717, 1.165) is 12.0 Å². The van der Waals surface area contributed by atoms with Crippen LogP contribution in [0.1, 0.15) is 32.1 Å². The second kappa shape index (κ2) is 3.36. The summed E-state index contributed by atoms with van der Waals surface area (Å²) in [6.07, 6.45) is 9.60. The largest absolute Gasteiger partial charge is 0.248 e. The van der Waals surface area contributed by atoms with Gasteiger partial charge in [-0.05, 0) is 37.9 Å². The van der Waals surface area contributed by atoms with Gasteiger partial charge in [-0.1, -0.05) is 18.4 Å². The van der Waals surface area contributed by atoms with Crippen molar-refractivity contribution in [3.05, 3.63) is 0 Å². The molecule has 0 aromatic carbocycles. The second-order valence-corrected chi connectivity index (χ2v) is 4.56. The van der Waals surface area contributed by atoms with E-state index in [9.17, 15) is 0 Å². The molecule has 2 fully saturated rings. The highest BCUT2D eigenvalue weighted by molar-refractivity contribution is 7.96. The fourth-order valence-electron chi connectivity index (χ4n) is 2.63. The molecule has 1 nitrogen and oxygen atoms in total. The van der Waals surface area contributed by atoms with Crippen molar-refractivity contribution < 1.29 is 0 Å². The van der Waals surface area contributed by atoms with Crippen molar-refractivity contribution in [3.63, 3.8) is 0 Å². The molecule has 1 saturated carbocycles. The first-order valence-corrected chi connectivity index (χ1v) is 5.90. The number of hydrogen-bond acceptors (Lipinski definition) is 2. The summed E-state index contributed by atoms with van der Waals surface area (Å²) in [6, 6.07) is 0.943. The van der Waals surface area contributed by atoms with Gasteiger partial charge in [-0.2, -0.15) is 0 Å². The monoisotopic (exact) mass is 171 g/mol. The summed E-state index contributed by atoms with van der Waals surface area (Å²) < 4.78 is 2.61. The molecule has 1 heterocycles. The van der Waals surface area contributed by atoms with E-state index in [0.29, 0.717) is 0 Å². The van der Waals surface area contributed by atoms with E-state index >= 15 is 0 Å². The lowest BCUT2D eigenvalue weighted by Gasteiger charge is -2.35. The third kappa shape index (κ3) is 1.43. The number of hydrogen-bond donors (Lipinski definition) is 0. The zero-order valence-corrected chi connectivity index (χ0v) is 8.07. The van der Waals surface area contributed by atoms with Crippen LogP contribution in [0, 0.1) is 5.92 Å². The van der Waals surface area contributed by atoms with Crippen LogP contribution in [0.5, 0.6) is 0 Å². The van der Waals surface area contributed by atoms with Crippen LogP contribution in [-0.2, 0) is 0 Å². The molecule has 2 rings (SSSR count). The number of piperidine rings is 1. The van der Waals surface area contributed by atoms with Gasteiger partial charge in [0, 0.05) is 12.6 Å². The van der Waals surface area contributed by atoms with E-state index in [4.69, 9.17) is 0 Å². The Morgan fingerprint density at radius 2 is 2.00 bits per heavy atom. The summed E-state index contributed by atoms with van der Waals surface area (Å²) in [5.74, 6) is 1.05. The van der Waals surface area contributed by atoms with E-state index in [1.807, 2.05) is 11.9 Å². The first-order valence-electron chi connectivity index (χ1n) is 4.72. The molecule has 0 aromatic heterocycles. The van der Waals surface area contributed by atoms with Crippen molar-refractivity contribution in [3.8, 4) is 0 Å². The Hall–Kier alpha value is 0.310. The minimum Gasteiger partial charge on any atom is -0.248 e. The zero-order valence-electron chi connectivity index (χ0n) is 7.25. The molecule has 0 amide bonds. The SMILES string of the molecule is CSN1CCCC2CCCC21. The van der Waals surface area contributed by atoms with Crippen molar-refractivity contribution in [1.82, 2.24) is 4.31 Å². The average molecular weight is 171 g/mol. The van der Waals surface area contributed by atoms with Gasteiger partial charge >= 0.3 is 0 Å². The lowest BCUT2D eigenvalue weighted by atomic mass is 9.94. The molecule has 1 aliphatic heterocycles. The van der Waals surface area contributed by atoms with Gasteiger partial charge in [-0.15, -0.1) is 0 Å². The molecule has 11 heavy (non-hydrogen) atoms. The predicted octanol–water partition coefficient (Wildman–Crippen LogP) is 2.53. The molecule has 0 bridgehead atoms. The van der Waals surface area contributed by atoms with Crippen molar-refractivity contribution in [2.75, 3.05) is 12.8 Å². The third-order valence-electron chi connectivity index (χ3n) is 3.18. The molecular weight excluding hydrogens is 154 g/mol. The van der Waals surface area contributed by atoms with Crippen LogP contribution in [0.25, 0.3) is 0 Å². The summed E-state index contributed by atoms with van der Waals surface area (Å²) in [7, 11) is 0. The first-order chi connectivity index (χ1) is 5.42. The number of rotatable bonds is 1. The smallest absolute Gasteiger partial charge is 0.0230 e. The van der Waals surface area contributed by atoms with Gasteiger partial charge in [0.25, 0.3) is 0 Å². The van der Waals surface area contributed by atoms with Gasteiger partial charge in [-0.25, -0.2) is 4.31 Å². The van der Waals surface area contributed by atoms with Crippen molar-refractivity contribution in [2.45, 2.75) is 38.1 Å². The summed E-state index contributed by atoms with van der Waals surface area (Å²) in [5, 5.41) is 0. The fourth-order valence-corrected chi connectivity index (χ4v) is 3.49. The molecule has 64 valence electrons. The number of fused-ring (bicyclic) bond motifs is 1. The molecular formula is C9H17NS. The van der Waals surface area contributed by atoms with Crippen LogP contribution < -0.4 is 0 Å². The van der Waals surface area contributed by atoms with Crippen LogP contribution in [0.3, 0.4) is 0 Å². The first kappa shape index (κ1) is 7.93. The van der Waals surface area contributed by atoms with E-state index in [1.165, 1.54) is 38.6 Å². The van der Waals surface area contributed by atoms with Crippen LogP contribution in [0.4, 0.5) is 0 Å². The maximum atomic E-state index is 2.61. The van der Waals surface area contributed by atoms with Crippen LogP contribution >= 0.6 is 11.9 Å². The second-order valence-electron chi connectivity index (χ2n) is 3.72. The van der Waals surface area contributed by atoms with Gasteiger partial charge in [0.2, 0.25) is 0 Å². The summed E-state index contributed by atoms with van der Waals surface area (Å²) >= 11 is 1.96. The molecule has 2 aliphatic rings. The Bertz CT molecular complexity index is 138. The summed E-state index contributed by atoms with van der Waals surface area (Å²) in [6.45, 7) is 1.34. The highest BCUT2D eigenvalue weighted by atomic mass is 32.2. The molecule has 2 unspecified atom stereocenters. The number of nitrogens with zero attached hydrogens (tertiary/aromatic N) is 1. The Morgan fingerprint density at radius 1 is 1.18 bits per heavy atom. The van der Waals surface area contributed by atoms with Crippen LogP contribution in [0.15, 0.2) is 0 Å². The lowest BCUT2D eigenvalue weighted by molar-refractivity contribution is 0.218. The van der Waals surface area contributed by atoms with Gasteiger partial charge < -0.3 is 0 Å². The molecule has 0 aromatic rings. The molecule has 0 radical (unpaired) electrons. The van der Waals surface area contributed by atoms with E-state index in [1.54, 1.807) is 0 Å². The standard InChI is InChI=1S/C9H17NS/c1-11-10-7-3-5-8-4-2-6-9(8)10/h8-9H,2-7H2,1H3. The Morgan fingerprint density at radius 3 is 2.82 bits per heavy atom. The molecule has 2 heteroatoms. The molecule has 0 spiro atoms. The van der Waals surface area contributed by atoms with Gasteiger partial charge in [0.1, 0.15) is 0 Å². The molecule has 2 atom stereocenters. The van der Waals surface area contributed by atoms with Crippen LogP contribution in [-0.4, -0.2) is 23.1 Å². The van der Waals surface area contributed by atoms with Crippen molar-refractivity contribution in [1.29, 1.82) is 0 Å². The normalized spacial score (nSPS) is 39.0. The van der Waals surface area contributed by atoms with E-state index in [2.05, 4.69) is 10.6 Å². The van der Waals surface area contributed by atoms with E-state index < -0.39 is 0 Å². The lowest BCUT2D eigenvalue weighted by Crippen LogP contribution is -2.37. The van der Waals surface area contributed by atoms with Gasteiger partial charge in [0.15, 0.2) is 0 Å². The zero-order chi connectivity index (χ0) is 7.68. The minimum absolute atomic E-state index is 0.943. The third-order valence-corrected chi connectivity index (χ3v) is 4.10. The molecule has 0 N–H and O–H groups in total. The minimum atomic E-state index is 0.943. The van der Waals surface area contributed by atoms with E-state index in [-0.39, 0.29) is 0 Å². The highest BCUT2D eigenvalue weighted by Crippen LogP contribution is 2.38. The maximum Gasteiger partial charge on any atom is 0.0230 e. The topological polar surface area (TPSA) is 3.24 Å².